The molecule has 0 saturated carbocycles. The van der Waals surface area contributed by atoms with E-state index in [9.17, 15) is 9.59 Å². The molecule has 0 aliphatic heterocycles. The highest BCUT2D eigenvalue weighted by molar-refractivity contribution is 5.74. The largest absolute Gasteiger partial charge is 0.481 e. The normalized spacial score (nSPS) is 13.8. The second-order valence-electron chi connectivity index (χ2n) is 4.94. The molecule has 0 aromatic carbocycles. The number of hydrogen-bond acceptors (Lipinski definition) is 2. The fourth-order valence-electron chi connectivity index (χ4n) is 1.68. The van der Waals surface area contributed by atoms with Crippen molar-refractivity contribution in [2.45, 2.75) is 52.5 Å². The Morgan fingerprint density at radius 2 is 1.89 bits per heavy atom. The van der Waals surface area contributed by atoms with Crippen molar-refractivity contribution in [2.75, 3.05) is 13.6 Å². The molecule has 0 fully saturated rings. The van der Waals surface area contributed by atoms with E-state index in [1.807, 2.05) is 13.8 Å². The summed E-state index contributed by atoms with van der Waals surface area (Å²) >= 11 is 0. The molecule has 0 aromatic rings. The van der Waals surface area contributed by atoms with Crippen LogP contribution in [0.4, 0.5) is 4.79 Å². The maximum atomic E-state index is 11.7. The molecule has 2 amide bonds. The molecule has 0 aliphatic rings. The zero-order chi connectivity index (χ0) is 14.1. The Morgan fingerprint density at radius 1 is 1.28 bits per heavy atom. The molecule has 2 N–H and O–H groups in total. The summed E-state index contributed by atoms with van der Waals surface area (Å²) in [6, 6.07) is 0.0217. The topological polar surface area (TPSA) is 69.6 Å². The SMILES string of the molecule is CCCN(C)C(=O)NC(C)CCCC(C)C(=O)O. The number of aliphatic carboxylic acids is 1. The van der Waals surface area contributed by atoms with Crippen LogP contribution in [0.1, 0.15) is 46.5 Å². The van der Waals surface area contributed by atoms with E-state index in [0.29, 0.717) is 6.42 Å². The van der Waals surface area contributed by atoms with Crippen LogP contribution in [0.25, 0.3) is 0 Å². The van der Waals surface area contributed by atoms with E-state index in [2.05, 4.69) is 5.32 Å². The zero-order valence-corrected chi connectivity index (χ0v) is 11.9. The molecule has 0 radical (unpaired) electrons. The predicted octanol–water partition coefficient (Wildman–Crippen LogP) is 2.32. The smallest absolute Gasteiger partial charge is 0.317 e. The second kappa shape index (κ2) is 8.78. The van der Waals surface area contributed by atoms with Gasteiger partial charge in [-0.15, -0.1) is 0 Å². The van der Waals surface area contributed by atoms with Crippen LogP contribution < -0.4 is 5.32 Å². The number of carboxylic acids is 1. The van der Waals surface area contributed by atoms with Crippen LogP contribution in [-0.4, -0.2) is 41.6 Å². The quantitative estimate of drug-likeness (QED) is 0.702. The third-order valence-electron chi connectivity index (χ3n) is 2.97. The second-order valence-corrected chi connectivity index (χ2v) is 4.94. The number of nitrogens with zero attached hydrogens (tertiary/aromatic N) is 1. The maximum Gasteiger partial charge on any atom is 0.317 e. The lowest BCUT2D eigenvalue weighted by atomic mass is 10.0. The Balaban J connectivity index is 3.80. The van der Waals surface area contributed by atoms with E-state index >= 15 is 0 Å². The first kappa shape index (κ1) is 16.7. The van der Waals surface area contributed by atoms with Crippen molar-refractivity contribution in [3.63, 3.8) is 0 Å². The minimum Gasteiger partial charge on any atom is -0.481 e. The van der Waals surface area contributed by atoms with Crippen molar-refractivity contribution in [3.05, 3.63) is 0 Å². The van der Waals surface area contributed by atoms with Gasteiger partial charge in [-0.05, 0) is 26.2 Å². The molecule has 0 rings (SSSR count). The third-order valence-corrected chi connectivity index (χ3v) is 2.97. The van der Waals surface area contributed by atoms with Gasteiger partial charge in [-0.2, -0.15) is 0 Å². The summed E-state index contributed by atoms with van der Waals surface area (Å²) in [5.74, 6) is -1.06. The number of urea groups is 1. The highest BCUT2D eigenvalue weighted by atomic mass is 16.4. The Kier molecular flexibility index (Phi) is 8.16. The lowest BCUT2D eigenvalue weighted by molar-refractivity contribution is -0.141. The lowest BCUT2D eigenvalue weighted by Gasteiger charge is -2.21. The van der Waals surface area contributed by atoms with E-state index < -0.39 is 5.97 Å². The molecule has 5 nitrogen and oxygen atoms in total. The highest BCUT2D eigenvalue weighted by Gasteiger charge is 2.13. The Hall–Kier alpha value is -1.26. The van der Waals surface area contributed by atoms with E-state index in [1.165, 1.54) is 0 Å². The van der Waals surface area contributed by atoms with Gasteiger partial charge in [0.25, 0.3) is 0 Å². The van der Waals surface area contributed by atoms with E-state index in [1.54, 1.807) is 18.9 Å². The van der Waals surface area contributed by atoms with Gasteiger partial charge in [0.15, 0.2) is 0 Å². The maximum absolute atomic E-state index is 11.7. The van der Waals surface area contributed by atoms with Crippen LogP contribution >= 0.6 is 0 Å². The van der Waals surface area contributed by atoms with Gasteiger partial charge in [-0.3, -0.25) is 4.79 Å². The van der Waals surface area contributed by atoms with Crippen LogP contribution in [-0.2, 0) is 4.79 Å². The molecule has 2 unspecified atom stereocenters. The number of carbonyl (C=O) groups excluding carboxylic acids is 1. The van der Waals surface area contributed by atoms with Gasteiger partial charge in [0, 0.05) is 19.6 Å². The average Bonchev–Trinajstić information content (AvgIpc) is 2.28. The summed E-state index contributed by atoms with van der Waals surface area (Å²) in [7, 11) is 1.78. The summed E-state index contributed by atoms with van der Waals surface area (Å²) in [6.07, 6.45) is 3.21. The van der Waals surface area contributed by atoms with E-state index in [0.717, 1.165) is 25.8 Å². The van der Waals surface area contributed by atoms with Crippen molar-refractivity contribution < 1.29 is 14.7 Å². The fraction of sp³-hybridized carbons (Fsp3) is 0.846. The van der Waals surface area contributed by atoms with Crippen molar-refractivity contribution in [1.82, 2.24) is 10.2 Å². The first-order chi connectivity index (χ1) is 8.38. The van der Waals surface area contributed by atoms with Gasteiger partial charge in [-0.25, -0.2) is 4.79 Å². The van der Waals surface area contributed by atoms with Crippen LogP contribution in [0.2, 0.25) is 0 Å². The third kappa shape index (κ3) is 7.14. The van der Waals surface area contributed by atoms with Gasteiger partial charge in [-0.1, -0.05) is 20.3 Å². The minimum absolute atomic E-state index is 0.0596. The summed E-state index contributed by atoms with van der Waals surface area (Å²) in [4.78, 5) is 24.0. The van der Waals surface area contributed by atoms with Crippen molar-refractivity contribution >= 4 is 12.0 Å². The van der Waals surface area contributed by atoms with Crippen LogP contribution in [0.15, 0.2) is 0 Å². The van der Waals surface area contributed by atoms with Gasteiger partial charge in [0.2, 0.25) is 0 Å². The number of carboxylic acid groups (broad SMARTS) is 1. The molecule has 5 heteroatoms. The van der Waals surface area contributed by atoms with E-state index in [-0.39, 0.29) is 18.0 Å². The van der Waals surface area contributed by atoms with Crippen molar-refractivity contribution in [1.29, 1.82) is 0 Å². The molecular formula is C13H26N2O3. The Labute approximate surface area is 110 Å². The zero-order valence-electron chi connectivity index (χ0n) is 11.9. The highest BCUT2D eigenvalue weighted by Crippen LogP contribution is 2.09. The number of amides is 2. The lowest BCUT2D eigenvalue weighted by Crippen LogP contribution is -2.42. The van der Waals surface area contributed by atoms with Gasteiger partial charge in [0.1, 0.15) is 0 Å². The van der Waals surface area contributed by atoms with Gasteiger partial charge >= 0.3 is 12.0 Å². The van der Waals surface area contributed by atoms with Crippen molar-refractivity contribution in [3.8, 4) is 0 Å². The number of hydrogen-bond donors (Lipinski definition) is 2. The molecule has 0 spiro atoms. The summed E-state index contributed by atoms with van der Waals surface area (Å²) in [5, 5.41) is 11.7. The first-order valence-corrected chi connectivity index (χ1v) is 6.62. The summed E-state index contributed by atoms with van der Waals surface area (Å²) in [6.45, 7) is 6.43. The number of carbonyl (C=O) groups is 2. The Morgan fingerprint density at radius 3 is 2.39 bits per heavy atom. The van der Waals surface area contributed by atoms with Gasteiger partial charge < -0.3 is 15.3 Å². The van der Waals surface area contributed by atoms with E-state index in [4.69, 9.17) is 5.11 Å². The van der Waals surface area contributed by atoms with Crippen molar-refractivity contribution in [2.24, 2.45) is 5.92 Å². The minimum atomic E-state index is -0.755. The predicted molar refractivity (Wildman–Crippen MR) is 71.6 cm³/mol. The van der Waals surface area contributed by atoms with Gasteiger partial charge in [0.05, 0.1) is 5.92 Å². The number of nitrogens with one attached hydrogen (secondary N) is 1. The molecule has 0 aromatic heterocycles. The molecule has 2 atom stereocenters. The van der Waals surface area contributed by atoms with Crippen LogP contribution in [0, 0.1) is 5.92 Å². The first-order valence-electron chi connectivity index (χ1n) is 6.62. The molecule has 106 valence electrons. The molecule has 0 heterocycles. The molecular weight excluding hydrogens is 232 g/mol. The van der Waals surface area contributed by atoms with Crippen LogP contribution in [0.3, 0.4) is 0 Å². The summed E-state index contributed by atoms with van der Waals surface area (Å²) < 4.78 is 0. The summed E-state index contributed by atoms with van der Waals surface area (Å²) in [5.41, 5.74) is 0. The molecule has 18 heavy (non-hydrogen) atoms. The molecule has 0 saturated heterocycles. The average molecular weight is 258 g/mol. The monoisotopic (exact) mass is 258 g/mol. The molecule has 0 aliphatic carbocycles. The van der Waals surface area contributed by atoms with Crippen LogP contribution in [0.5, 0.6) is 0 Å². The Bertz CT molecular complexity index is 269. The number of rotatable bonds is 8. The molecule has 0 bridgehead atoms. The standard InChI is InChI=1S/C13H26N2O3/c1-5-9-15(4)13(18)14-11(3)8-6-7-10(2)12(16)17/h10-11H,5-9H2,1-4H3,(H,14,18)(H,16,17). The fourth-order valence-corrected chi connectivity index (χ4v) is 1.68.